The van der Waals surface area contributed by atoms with Crippen LogP contribution in [0.2, 0.25) is 0 Å². The van der Waals surface area contributed by atoms with Crippen molar-refractivity contribution in [1.82, 2.24) is 0 Å². The Labute approximate surface area is 517 Å². The zero-order valence-corrected chi connectivity index (χ0v) is 56.9. The molecule has 0 fully saturated rings. The molecule has 0 bridgehead atoms. The van der Waals surface area contributed by atoms with Crippen LogP contribution in [-0.2, 0) is 32.7 Å². The predicted octanol–water partition coefficient (Wildman–Crippen LogP) is 24.5. The molecule has 10 heteroatoms. The summed E-state index contributed by atoms with van der Waals surface area (Å²) in [6.07, 6.45) is 83.8. The third-order valence-electron chi connectivity index (χ3n) is 17.5. The van der Waals surface area contributed by atoms with Crippen LogP contribution in [0.5, 0.6) is 0 Å². The molecule has 0 aromatic carbocycles. The molecule has 0 spiro atoms. The molecule has 0 radical (unpaired) electrons. The highest BCUT2D eigenvalue weighted by Gasteiger charge is 2.26. The summed E-state index contributed by atoms with van der Waals surface area (Å²) >= 11 is 0. The van der Waals surface area contributed by atoms with Gasteiger partial charge in [-0.25, -0.2) is 4.57 Å². The van der Waals surface area contributed by atoms with E-state index in [1.165, 1.54) is 360 Å². The van der Waals surface area contributed by atoms with Crippen molar-refractivity contribution in [2.45, 2.75) is 431 Å². The maximum atomic E-state index is 12.8. The molecule has 0 saturated heterocycles. The summed E-state index contributed by atoms with van der Waals surface area (Å²) in [7, 11) is -4.39. The fourth-order valence-electron chi connectivity index (χ4n) is 11.9. The van der Waals surface area contributed by atoms with Crippen molar-refractivity contribution in [2.75, 3.05) is 26.4 Å². The average molecular weight is 1200 g/mol. The van der Waals surface area contributed by atoms with Crippen LogP contribution in [0.4, 0.5) is 0 Å². The minimum Gasteiger partial charge on any atom is -0.462 e. The van der Waals surface area contributed by atoms with Gasteiger partial charge in [0.05, 0.1) is 13.2 Å². The number of rotatable bonds is 73. The molecular formula is C73H146NO8P. The van der Waals surface area contributed by atoms with Gasteiger partial charge in [0.1, 0.15) is 6.61 Å². The van der Waals surface area contributed by atoms with Gasteiger partial charge in [-0.2, -0.15) is 0 Å². The standard InChI is InChI=1S/C73H146NO8P/c1-3-5-7-9-11-13-15-17-19-21-23-25-27-29-30-31-32-33-34-35-36-37-38-39-40-42-44-46-48-50-52-54-56-58-60-62-64-66-73(76)82-71(70-81-83(77,78)80-68-67-74)69-79-72(75)65-63-61-59-57-55-53-51-49-47-45-43-41-28-26-24-22-20-18-16-14-12-10-8-6-4-2/h71H,3-70,74H2,1-2H3,(H,77,78). The number of phosphoric ester groups is 1. The lowest BCUT2D eigenvalue weighted by atomic mass is 10.0. The van der Waals surface area contributed by atoms with Crippen molar-refractivity contribution in [1.29, 1.82) is 0 Å². The van der Waals surface area contributed by atoms with Crippen molar-refractivity contribution >= 4 is 19.8 Å². The van der Waals surface area contributed by atoms with Crippen molar-refractivity contribution in [3.05, 3.63) is 0 Å². The molecule has 2 unspecified atom stereocenters. The van der Waals surface area contributed by atoms with E-state index in [9.17, 15) is 19.0 Å². The first-order valence-electron chi connectivity index (χ1n) is 37.5. The number of esters is 2. The highest BCUT2D eigenvalue weighted by molar-refractivity contribution is 7.47. The van der Waals surface area contributed by atoms with Gasteiger partial charge in [0.25, 0.3) is 0 Å². The smallest absolute Gasteiger partial charge is 0.462 e. The van der Waals surface area contributed by atoms with Crippen LogP contribution in [-0.4, -0.2) is 49.3 Å². The molecular weight excluding hydrogens is 1050 g/mol. The van der Waals surface area contributed by atoms with E-state index in [-0.39, 0.29) is 32.1 Å². The summed E-state index contributed by atoms with van der Waals surface area (Å²) in [5, 5.41) is 0. The molecule has 2 atom stereocenters. The van der Waals surface area contributed by atoms with Crippen LogP contribution in [0.1, 0.15) is 425 Å². The third-order valence-corrected chi connectivity index (χ3v) is 18.5. The number of nitrogens with two attached hydrogens (primary N) is 1. The first-order valence-corrected chi connectivity index (χ1v) is 39.0. The van der Waals surface area contributed by atoms with Gasteiger partial charge in [-0.1, -0.05) is 399 Å². The minimum atomic E-state index is -4.39. The number of carbonyl (C=O) groups excluding carboxylic acids is 2. The Hall–Kier alpha value is -0.990. The zero-order valence-electron chi connectivity index (χ0n) is 56.0. The molecule has 0 aromatic rings. The normalized spacial score (nSPS) is 12.8. The van der Waals surface area contributed by atoms with Crippen molar-refractivity contribution in [2.24, 2.45) is 5.73 Å². The summed E-state index contributed by atoms with van der Waals surface area (Å²) < 4.78 is 33.2. The number of unbranched alkanes of at least 4 members (excludes halogenated alkanes) is 60. The quantitative estimate of drug-likeness (QED) is 0.0347. The Morgan fingerprint density at radius 3 is 0.735 bits per heavy atom. The van der Waals surface area contributed by atoms with Gasteiger partial charge in [0.15, 0.2) is 6.10 Å². The molecule has 0 amide bonds. The first kappa shape index (κ1) is 82.0. The van der Waals surface area contributed by atoms with Gasteiger partial charge in [-0.05, 0) is 12.8 Å². The predicted molar refractivity (Wildman–Crippen MR) is 358 cm³/mol. The Bertz CT molecular complexity index is 1320. The van der Waals surface area contributed by atoms with Gasteiger partial charge in [-0.3, -0.25) is 18.6 Å². The van der Waals surface area contributed by atoms with E-state index >= 15 is 0 Å². The molecule has 0 saturated carbocycles. The number of ether oxygens (including phenoxy) is 2. The van der Waals surface area contributed by atoms with Crippen molar-refractivity contribution < 1.29 is 37.6 Å². The second kappa shape index (κ2) is 70.1. The van der Waals surface area contributed by atoms with E-state index in [0.29, 0.717) is 12.8 Å². The van der Waals surface area contributed by atoms with Crippen LogP contribution in [0, 0.1) is 0 Å². The fourth-order valence-corrected chi connectivity index (χ4v) is 12.7. The molecule has 0 rings (SSSR count). The van der Waals surface area contributed by atoms with Crippen LogP contribution in [0.3, 0.4) is 0 Å². The zero-order chi connectivity index (χ0) is 60.1. The van der Waals surface area contributed by atoms with E-state index in [0.717, 1.165) is 32.1 Å². The maximum absolute atomic E-state index is 12.8. The van der Waals surface area contributed by atoms with Crippen LogP contribution < -0.4 is 5.73 Å². The molecule has 0 heterocycles. The van der Waals surface area contributed by atoms with E-state index in [1.54, 1.807) is 0 Å². The summed E-state index contributed by atoms with van der Waals surface area (Å²) in [6.45, 7) is 3.85. The lowest BCUT2D eigenvalue weighted by Gasteiger charge is -2.19. The van der Waals surface area contributed by atoms with E-state index < -0.39 is 26.5 Å². The number of hydrogen-bond acceptors (Lipinski definition) is 8. The van der Waals surface area contributed by atoms with Crippen LogP contribution >= 0.6 is 7.82 Å². The number of phosphoric acid groups is 1. The third kappa shape index (κ3) is 70.0. The van der Waals surface area contributed by atoms with E-state index in [2.05, 4.69) is 13.8 Å². The van der Waals surface area contributed by atoms with Crippen LogP contribution in [0.25, 0.3) is 0 Å². The van der Waals surface area contributed by atoms with E-state index in [4.69, 9.17) is 24.3 Å². The first-order chi connectivity index (χ1) is 40.8. The lowest BCUT2D eigenvalue weighted by Crippen LogP contribution is -2.29. The molecule has 9 nitrogen and oxygen atoms in total. The topological polar surface area (TPSA) is 134 Å². The second-order valence-corrected chi connectivity index (χ2v) is 27.3. The Morgan fingerprint density at radius 2 is 0.518 bits per heavy atom. The monoisotopic (exact) mass is 1200 g/mol. The molecule has 0 aliphatic heterocycles. The summed E-state index contributed by atoms with van der Waals surface area (Å²) in [6, 6.07) is 0. The van der Waals surface area contributed by atoms with Gasteiger partial charge in [0.2, 0.25) is 0 Å². The Kier molecular flexibility index (Phi) is 69.3. The summed E-state index contributed by atoms with van der Waals surface area (Å²) in [5.41, 5.74) is 5.41. The van der Waals surface area contributed by atoms with E-state index in [1.807, 2.05) is 0 Å². The van der Waals surface area contributed by atoms with Crippen LogP contribution in [0.15, 0.2) is 0 Å². The summed E-state index contributed by atoms with van der Waals surface area (Å²) in [4.78, 5) is 35.4. The Balaban J connectivity index is 3.74. The van der Waals surface area contributed by atoms with Gasteiger partial charge >= 0.3 is 19.8 Å². The number of hydrogen-bond donors (Lipinski definition) is 2. The van der Waals surface area contributed by atoms with Gasteiger partial charge in [0, 0.05) is 19.4 Å². The fraction of sp³-hybridized carbons (Fsp3) is 0.973. The maximum Gasteiger partial charge on any atom is 0.472 e. The molecule has 3 N–H and O–H groups in total. The number of carbonyl (C=O) groups is 2. The minimum absolute atomic E-state index is 0.0589. The average Bonchev–Trinajstić information content (AvgIpc) is 3.49. The van der Waals surface area contributed by atoms with Gasteiger partial charge < -0.3 is 20.1 Å². The van der Waals surface area contributed by atoms with Gasteiger partial charge in [-0.15, -0.1) is 0 Å². The molecule has 83 heavy (non-hydrogen) atoms. The lowest BCUT2D eigenvalue weighted by molar-refractivity contribution is -0.161. The highest BCUT2D eigenvalue weighted by atomic mass is 31.2. The largest absolute Gasteiger partial charge is 0.472 e. The Morgan fingerprint density at radius 1 is 0.313 bits per heavy atom. The molecule has 0 aliphatic rings. The summed E-state index contributed by atoms with van der Waals surface area (Å²) in [5.74, 6) is -0.796. The SMILES string of the molecule is CCCCCCCCCCCCCCCCCCCCCCCCCCCCCCCCCCCCCCCC(=O)OC(COC(=O)CCCCCCCCCCCCCCCCCCCCCCCCCCC)COP(=O)(O)OCCN. The molecule has 496 valence electrons. The highest BCUT2D eigenvalue weighted by Crippen LogP contribution is 2.43. The molecule has 0 aromatic heterocycles. The molecule has 0 aliphatic carbocycles. The second-order valence-electron chi connectivity index (χ2n) is 25.9. The van der Waals surface area contributed by atoms with Crippen molar-refractivity contribution in [3.8, 4) is 0 Å². The van der Waals surface area contributed by atoms with Crippen molar-refractivity contribution in [3.63, 3.8) is 0 Å².